The predicted molar refractivity (Wildman–Crippen MR) is 51.6 cm³/mol. The number of hydrogen-bond donors (Lipinski definition) is 1. The van der Waals surface area contributed by atoms with E-state index in [0.29, 0.717) is 6.54 Å². The molecule has 0 heterocycles. The van der Waals surface area contributed by atoms with Gasteiger partial charge in [0.1, 0.15) is 0 Å². The number of alkyl halides is 3. The van der Waals surface area contributed by atoms with Crippen LogP contribution in [0, 0.1) is 0 Å². The van der Waals surface area contributed by atoms with Gasteiger partial charge in [0.25, 0.3) is 0 Å². The van der Waals surface area contributed by atoms with Crippen molar-refractivity contribution in [1.82, 2.24) is 4.90 Å². The fraction of sp³-hybridized carbons (Fsp3) is 1.00. The molecule has 0 aromatic rings. The quantitative estimate of drug-likeness (QED) is 0.792. The van der Waals surface area contributed by atoms with E-state index in [4.69, 9.17) is 5.11 Å². The molecule has 2 nitrogen and oxygen atoms in total. The number of hydrogen-bond acceptors (Lipinski definition) is 2. The number of rotatable bonds is 4. The summed E-state index contributed by atoms with van der Waals surface area (Å²) in [4.78, 5) is 1.74. The van der Waals surface area contributed by atoms with E-state index in [-0.39, 0.29) is 12.6 Å². The van der Waals surface area contributed by atoms with E-state index in [2.05, 4.69) is 0 Å². The van der Waals surface area contributed by atoms with Gasteiger partial charge < -0.3 is 5.11 Å². The zero-order valence-corrected chi connectivity index (χ0v) is 8.93. The molecule has 5 heteroatoms. The Morgan fingerprint density at radius 2 is 1.87 bits per heavy atom. The van der Waals surface area contributed by atoms with Gasteiger partial charge in [0.05, 0.1) is 0 Å². The zero-order chi connectivity index (χ0) is 11.5. The molecule has 1 N–H and O–H groups in total. The fourth-order valence-corrected chi connectivity index (χ4v) is 2.13. The summed E-state index contributed by atoms with van der Waals surface area (Å²) in [5, 5.41) is 8.98. The van der Waals surface area contributed by atoms with Crippen LogP contribution in [0.15, 0.2) is 0 Å². The van der Waals surface area contributed by atoms with Crippen molar-refractivity contribution in [1.29, 1.82) is 0 Å². The average Bonchev–Trinajstić information content (AvgIpc) is 2.64. The second kappa shape index (κ2) is 5.16. The van der Waals surface area contributed by atoms with Crippen molar-refractivity contribution in [2.45, 2.75) is 50.9 Å². The minimum atomic E-state index is -4.49. The standard InChI is InChI=1S/C10H18F3NO/c1-2-14(8-5-3-4-6-8)7-9(15)10(11,12)13/h8-9,15H,2-7H2,1H3. The molecule has 1 rings (SSSR count). The minimum absolute atomic E-state index is 0.229. The summed E-state index contributed by atoms with van der Waals surface area (Å²) in [7, 11) is 0. The largest absolute Gasteiger partial charge is 0.415 e. The SMILES string of the molecule is CCN(CC(O)C(F)(F)F)C1CCCC1. The molecule has 0 spiro atoms. The lowest BCUT2D eigenvalue weighted by atomic mass is 10.2. The van der Waals surface area contributed by atoms with Gasteiger partial charge in [-0.15, -0.1) is 0 Å². The zero-order valence-electron chi connectivity index (χ0n) is 8.93. The molecule has 1 unspecified atom stereocenters. The monoisotopic (exact) mass is 225 g/mol. The van der Waals surface area contributed by atoms with Crippen LogP contribution >= 0.6 is 0 Å². The maximum Gasteiger partial charge on any atom is 0.415 e. The molecule has 0 bridgehead atoms. The molecule has 0 aromatic heterocycles. The van der Waals surface area contributed by atoms with Crippen molar-refractivity contribution in [2.24, 2.45) is 0 Å². The Balaban J connectivity index is 2.45. The summed E-state index contributed by atoms with van der Waals surface area (Å²) >= 11 is 0. The van der Waals surface area contributed by atoms with Crippen molar-refractivity contribution in [3.8, 4) is 0 Å². The molecule has 0 saturated heterocycles. The fourth-order valence-electron chi connectivity index (χ4n) is 2.13. The number of aliphatic hydroxyl groups is 1. The average molecular weight is 225 g/mol. The second-order valence-corrected chi connectivity index (χ2v) is 4.08. The van der Waals surface area contributed by atoms with Gasteiger partial charge in [-0.2, -0.15) is 13.2 Å². The van der Waals surface area contributed by atoms with Crippen LogP contribution in [-0.4, -0.2) is 41.4 Å². The van der Waals surface area contributed by atoms with Crippen LogP contribution < -0.4 is 0 Å². The summed E-state index contributed by atoms with van der Waals surface area (Å²) in [6.07, 6.45) is -2.62. The van der Waals surface area contributed by atoms with E-state index in [1.807, 2.05) is 6.92 Å². The van der Waals surface area contributed by atoms with Crippen molar-refractivity contribution in [3.05, 3.63) is 0 Å². The van der Waals surface area contributed by atoms with Gasteiger partial charge in [-0.25, -0.2) is 0 Å². The lowest BCUT2D eigenvalue weighted by Crippen LogP contribution is -2.44. The number of likely N-dealkylation sites (N-methyl/N-ethyl adjacent to an activating group) is 1. The highest BCUT2D eigenvalue weighted by Gasteiger charge is 2.40. The Labute approximate surface area is 88.1 Å². The Hall–Kier alpha value is -0.290. The van der Waals surface area contributed by atoms with Crippen LogP contribution in [-0.2, 0) is 0 Å². The summed E-state index contributed by atoms with van der Waals surface area (Å²) < 4.78 is 36.5. The first kappa shape index (κ1) is 12.8. The van der Waals surface area contributed by atoms with E-state index >= 15 is 0 Å². The van der Waals surface area contributed by atoms with E-state index < -0.39 is 12.3 Å². The molecular weight excluding hydrogens is 207 g/mol. The molecule has 0 aliphatic heterocycles. The number of nitrogens with zero attached hydrogens (tertiary/aromatic N) is 1. The predicted octanol–water partition coefficient (Wildman–Crippen LogP) is 2.17. The van der Waals surface area contributed by atoms with Gasteiger partial charge in [0.2, 0.25) is 0 Å². The molecule has 0 amide bonds. The van der Waals surface area contributed by atoms with Gasteiger partial charge in [-0.3, -0.25) is 4.90 Å². The van der Waals surface area contributed by atoms with E-state index in [1.165, 1.54) is 0 Å². The minimum Gasteiger partial charge on any atom is -0.382 e. The molecule has 1 aliphatic rings. The van der Waals surface area contributed by atoms with Crippen LogP contribution in [0.4, 0.5) is 13.2 Å². The Morgan fingerprint density at radius 1 is 1.33 bits per heavy atom. The molecule has 0 radical (unpaired) electrons. The van der Waals surface area contributed by atoms with Crippen LogP contribution in [0.5, 0.6) is 0 Å². The van der Waals surface area contributed by atoms with Gasteiger partial charge in [-0.1, -0.05) is 19.8 Å². The first-order valence-electron chi connectivity index (χ1n) is 5.44. The van der Waals surface area contributed by atoms with Crippen molar-refractivity contribution < 1.29 is 18.3 Å². The summed E-state index contributed by atoms with van der Waals surface area (Å²) in [6.45, 7) is 2.11. The first-order valence-corrected chi connectivity index (χ1v) is 5.44. The van der Waals surface area contributed by atoms with Gasteiger partial charge in [0.15, 0.2) is 6.10 Å². The molecule has 1 aliphatic carbocycles. The summed E-state index contributed by atoms with van der Waals surface area (Å²) in [6, 6.07) is 0.229. The third-order valence-corrected chi connectivity index (χ3v) is 3.03. The van der Waals surface area contributed by atoms with Crippen molar-refractivity contribution in [2.75, 3.05) is 13.1 Å². The van der Waals surface area contributed by atoms with E-state index in [9.17, 15) is 13.2 Å². The molecule has 1 fully saturated rings. The highest BCUT2D eigenvalue weighted by Crippen LogP contribution is 2.26. The van der Waals surface area contributed by atoms with Gasteiger partial charge in [-0.05, 0) is 19.4 Å². The van der Waals surface area contributed by atoms with Crippen molar-refractivity contribution >= 4 is 0 Å². The van der Waals surface area contributed by atoms with Crippen LogP contribution in [0.2, 0.25) is 0 Å². The first-order chi connectivity index (χ1) is 6.95. The Kier molecular flexibility index (Phi) is 4.40. The second-order valence-electron chi connectivity index (χ2n) is 4.08. The van der Waals surface area contributed by atoms with Crippen LogP contribution in [0.1, 0.15) is 32.6 Å². The Morgan fingerprint density at radius 3 is 2.27 bits per heavy atom. The van der Waals surface area contributed by atoms with E-state index in [0.717, 1.165) is 25.7 Å². The smallest absolute Gasteiger partial charge is 0.382 e. The van der Waals surface area contributed by atoms with Crippen LogP contribution in [0.3, 0.4) is 0 Å². The number of halogens is 3. The lowest BCUT2D eigenvalue weighted by Gasteiger charge is -2.30. The topological polar surface area (TPSA) is 23.5 Å². The normalized spacial score (nSPS) is 21.2. The maximum absolute atomic E-state index is 12.2. The number of aliphatic hydroxyl groups excluding tert-OH is 1. The van der Waals surface area contributed by atoms with Crippen LogP contribution in [0.25, 0.3) is 0 Å². The third-order valence-electron chi connectivity index (χ3n) is 3.03. The molecule has 15 heavy (non-hydrogen) atoms. The maximum atomic E-state index is 12.2. The molecule has 90 valence electrons. The van der Waals surface area contributed by atoms with Gasteiger partial charge in [0, 0.05) is 12.6 Å². The molecule has 1 saturated carbocycles. The summed E-state index contributed by atoms with van der Waals surface area (Å²) in [5.41, 5.74) is 0. The highest BCUT2D eigenvalue weighted by atomic mass is 19.4. The van der Waals surface area contributed by atoms with Crippen molar-refractivity contribution in [3.63, 3.8) is 0 Å². The Bertz CT molecular complexity index is 190. The van der Waals surface area contributed by atoms with E-state index in [1.54, 1.807) is 4.90 Å². The van der Waals surface area contributed by atoms with Gasteiger partial charge >= 0.3 is 6.18 Å². The third kappa shape index (κ3) is 3.65. The summed E-state index contributed by atoms with van der Waals surface area (Å²) in [5.74, 6) is 0. The highest BCUT2D eigenvalue weighted by molar-refractivity contribution is 4.80. The molecule has 1 atom stereocenters. The lowest BCUT2D eigenvalue weighted by molar-refractivity contribution is -0.209. The molecule has 0 aromatic carbocycles. The molecular formula is C10H18F3NO.